The Bertz CT molecular complexity index is 171. The van der Waals surface area contributed by atoms with Crippen molar-refractivity contribution in [1.29, 1.82) is 0 Å². The van der Waals surface area contributed by atoms with E-state index in [4.69, 9.17) is 15.2 Å². The first-order chi connectivity index (χ1) is 7.23. The van der Waals surface area contributed by atoms with E-state index in [9.17, 15) is 0 Å². The molecule has 0 aliphatic heterocycles. The van der Waals surface area contributed by atoms with Crippen LogP contribution in [-0.4, -0.2) is 33.5 Å². The smallest absolute Gasteiger partial charge is 0.0700 e. The first-order valence-corrected chi connectivity index (χ1v) is 5.99. The molecule has 3 nitrogen and oxygen atoms in total. The Morgan fingerprint density at radius 3 is 2.53 bits per heavy atom. The number of nitrogens with two attached hydrogens (primary N) is 1. The van der Waals surface area contributed by atoms with Gasteiger partial charge in [-0.05, 0) is 43.6 Å². The van der Waals surface area contributed by atoms with Gasteiger partial charge in [0.2, 0.25) is 0 Å². The van der Waals surface area contributed by atoms with Crippen molar-refractivity contribution >= 4 is 0 Å². The van der Waals surface area contributed by atoms with Gasteiger partial charge in [-0.2, -0.15) is 0 Å². The largest absolute Gasteiger partial charge is 0.382 e. The topological polar surface area (TPSA) is 44.5 Å². The van der Waals surface area contributed by atoms with Crippen LogP contribution in [0.2, 0.25) is 0 Å². The summed E-state index contributed by atoms with van der Waals surface area (Å²) in [5, 5.41) is 0. The molecular formula is C12H25NO2. The second-order valence-electron chi connectivity index (χ2n) is 4.84. The van der Waals surface area contributed by atoms with Gasteiger partial charge in [0.1, 0.15) is 0 Å². The molecule has 2 N–H and O–H groups in total. The molecule has 1 aliphatic rings. The lowest BCUT2D eigenvalue weighted by Crippen LogP contribution is -2.29. The van der Waals surface area contributed by atoms with Gasteiger partial charge in [-0.25, -0.2) is 0 Å². The monoisotopic (exact) mass is 215 g/mol. The molecule has 0 heterocycles. The standard InChI is InChI=1S/C12H25NO2/c1-12(10-13,11-4-5-11)6-3-7-15-9-8-14-2/h11H,3-10,13H2,1-2H3. The van der Waals surface area contributed by atoms with E-state index in [0.29, 0.717) is 18.6 Å². The van der Waals surface area contributed by atoms with Crippen molar-refractivity contribution in [2.24, 2.45) is 17.1 Å². The van der Waals surface area contributed by atoms with Gasteiger partial charge in [0, 0.05) is 13.7 Å². The van der Waals surface area contributed by atoms with E-state index in [2.05, 4.69) is 6.92 Å². The van der Waals surface area contributed by atoms with Crippen LogP contribution >= 0.6 is 0 Å². The van der Waals surface area contributed by atoms with Crippen molar-refractivity contribution in [3.05, 3.63) is 0 Å². The minimum Gasteiger partial charge on any atom is -0.382 e. The third-order valence-electron chi connectivity index (χ3n) is 3.50. The summed E-state index contributed by atoms with van der Waals surface area (Å²) >= 11 is 0. The molecule has 0 aromatic heterocycles. The van der Waals surface area contributed by atoms with Gasteiger partial charge in [0.15, 0.2) is 0 Å². The number of rotatable bonds is 9. The van der Waals surface area contributed by atoms with Crippen molar-refractivity contribution < 1.29 is 9.47 Å². The van der Waals surface area contributed by atoms with Crippen LogP contribution in [0.3, 0.4) is 0 Å². The zero-order valence-electron chi connectivity index (χ0n) is 10.1. The van der Waals surface area contributed by atoms with Crippen molar-refractivity contribution in [3.63, 3.8) is 0 Å². The summed E-state index contributed by atoms with van der Waals surface area (Å²) in [6.45, 7) is 5.37. The predicted molar refractivity (Wildman–Crippen MR) is 61.8 cm³/mol. The van der Waals surface area contributed by atoms with Crippen molar-refractivity contribution in [3.8, 4) is 0 Å². The molecule has 0 amide bonds. The first kappa shape index (κ1) is 12.9. The Morgan fingerprint density at radius 1 is 1.27 bits per heavy atom. The molecule has 90 valence electrons. The maximum Gasteiger partial charge on any atom is 0.0700 e. The van der Waals surface area contributed by atoms with Crippen LogP contribution in [0.15, 0.2) is 0 Å². The zero-order chi connectivity index (χ0) is 11.1. The minimum absolute atomic E-state index is 0.366. The van der Waals surface area contributed by atoms with E-state index in [-0.39, 0.29) is 0 Å². The molecule has 0 spiro atoms. The first-order valence-electron chi connectivity index (χ1n) is 5.99. The van der Waals surface area contributed by atoms with Crippen LogP contribution < -0.4 is 5.73 Å². The van der Waals surface area contributed by atoms with Crippen LogP contribution in [0.5, 0.6) is 0 Å². The molecule has 3 heteroatoms. The van der Waals surface area contributed by atoms with Gasteiger partial charge >= 0.3 is 0 Å². The fourth-order valence-electron chi connectivity index (χ4n) is 2.08. The highest BCUT2D eigenvalue weighted by Gasteiger charge is 2.39. The quantitative estimate of drug-likeness (QED) is 0.597. The molecule has 1 atom stereocenters. The van der Waals surface area contributed by atoms with Crippen LogP contribution in [0.25, 0.3) is 0 Å². The van der Waals surface area contributed by atoms with Crippen LogP contribution in [-0.2, 0) is 9.47 Å². The fraction of sp³-hybridized carbons (Fsp3) is 1.00. The number of methoxy groups -OCH3 is 1. The Morgan fingerprint density at radius 2 is 2.00 bits per heavy atom. The fourth-order valence-corrected chi connectivity index (χ4v) is 2.08. The number of hydrogen-bond acceptors (Lipinski definition) is 3. The molecule has 1 saturated carbocycles. The molecule has 0 saturated heterocycles. The Balaban J connectivity index is 2.02. The van der Waals surface area contributed by atoms with Gasteiger partial charge in [0.05, 0.1) is 13.2 Å². The highest BCUT2D eigenvalue weighted by atomic mass is 16.5. The third-order valence-corrected chi connectivity index (χ3v) is 3.50. The van der Waals surface area contributed by atoms with Gasteiger partial charge in [0.25, 0.3) is 0 Å². The molecule has 15 heavy (non-hydrogen) atoms. The van der Waals surface area contributed by atoms with Gasteiger partial charge in [-0.15, -0.1) is 0 Å². The third kappa shape index (κ3) is 4.49. The second-order valence-corrected chi connectivity index (χ2v) is 4.84. The Labute approximate surface area is 93.3 Å². The van der Waals surface area contributed by atoms with Gasteiger partial charge in [-0.1, -0.05) is 6.92 Å². The maximum atomic E-state index is 5.85. The average Bonchev–Trinajstić information content (AvgIpc) is 3.07. The molecule has 0 bridgehead atoms. The number of ether oxygens (including phenoxy) is 2. The molecule has 0 radical (unpaired) electrons. The molecule has 1 rings (SSSR count). The van der Waals surface area contributed by atoms with E-state index in [1.165, 1.54) is 19.3 Å². The lowest BCUT2D eigenvalue weighted by Gasteiger charge is -2.27. The molecule has 1 unspecified atom stereocenters. The highest BCUT2D eigenvalue weighted by molar-refractivity contribution is 4.91. The van der Waals surface area contributed by atoms with E-state index >= 15 is 0 Å². The summed E-state index contributed by atoms with van der Waals surface area (Å²) in [5.41, 5.74) is 6.22. The van der Waals surface area contributed by atoms with E-state index in [0.717, 1.165) is 25.5 Å². The van der Waals surface area contributed by atoms with Crippen molar-refractivity contribution in [2.45, 2.75) is 32.6 Å². The zero-order valence-corrected chi connectivity index (χ0v) is 10.1. The molecule has 1 aliphatic carbocycles. The van der Waals surface area contributed by atoms with Gasteiger partial charge < -0.3 is 15.2 Å². The van der Waals surface area contributed by atoms with Crippen LogP contribution in [0.4, 0.5) is 0 Å². The highest BCUT2D eigenvalue weighted by Crippen LogP contribution is 2.47. The lowest BCUT2D eigenvalue weighted by molar-refractivity contribution is 0.0633. The van der Waals surface area contributed by atoms with E-state index in [1.54, 1.807) is 7.11 Å². The van der Waals surface area contributed by atoms with E-state index in [1.807, 2.05) is 0 Å². The summed E-state index contributed by atoms with van der Waals surface area (Å²) < 4.78 is 10.4. The minimum atomic E-state index is 0.366. The van der Waals surface area contributed by atoms with Crippen LogP contribution in [0, 0.1) is 11.3 Å². The summed E-state index contributed by atoms with van der Waals surface area (Å²) in [5.74, 6) is 0.876. The van der Waals surface area contributed by atoms with Crippen molar-refractivity contribution in [2.75, 3.05) is 33.5 Å². The molecule has 0 aromatic rings. The summed E-state index contributed by atoms with van der Waals surface area (Å²) in [4.78, 5) is 0. The molecular weight excluding hydrogens is 190 g/mol. The molecule has 1 fully saturated rings. The van der Waals surface area contributed by atoms with Gasteiger partial charge in [-0.3, -0.25) is 0 Å². The Kier molecular flexibility index (Phi) is 5.58. The van der Waals surface area contributed by atoms with E-state index < -0.39 is 0 Å². The van der Waals surface area contributed by atoms with Crippen molar-refractivity contribution in [1.82, 2.24) is 0 Å². The SMILES string of the molecule is COCCOCCCC(C)(CN)C1CC1. The lowest BCUT2D eigenvalue weighted by atomic mass is 9.80. The Hall–Kier alpha value is -0.120. The maximum absolute atomic E-state index is 5.85. The summed E-state index contributed by atoms with van der Waals surface area (Å²) in [6.07, 6.45) is 5.06. The molecule has 0 aromatic carbocycles. The number of hydrogen-bond donors (Lipinski definition) is 1. The summed E-state index contributed by atoms with van der Waals surface area (Å²) in [6, 6.07) is 0. The second kappa shape index (κ2) is 6.46. The summed E-state index contributed by atoms with van der Waals surface area (Å²) in [7, 11) is 1.70. The van der Waals surface area contributed by atoms with Crippen LogP contribution in [0.1, 0.15) is 32.6 Å². The normalized spacial score (nSPS) is 20.2. The average molecular weight is 215 g/mol. The predicted octanol–water partition coefficient (Wildman–Crippen LogP) is 1.80.